The zero-order valence-electron chi connectivity index (χ0n) is 12.6. The zero-order valence-corrected chi connectivity index (χ0v) is 13.3. The number of benzene rings is 2. The van der Waals surface area contributed by atoms with Gasteiger partial charge in [0, 0.05) is 11.6 Å². The molecule has 0 spiro atoms. The third-order valence-electron chi connectivity index (χ3n) is 3.84. The van der Waals surface area contributed by atoms with Crippen LogP contribution in [-0.2, 0) is 5.60 Å². The smallest absolute Gasteiger partial charge is 0.127 e. The quantitative estimate of drug-likeness (QED) is 0.815. The highest BCUT2D eigenvalue weighted by Gasteiger charge is 2.29. The third kappa shape index (κ3) is 3.14. The lowest BCUT2D eigenvalue weighted by Crippen LogP contribution is -2.36. The maximum Gasteiger partial charge on any atom is 0.127 e. The monoisotopic (exact) mass is 313 g/mol. The molecule has 0 saturated heterocycles. The number of hydrogen-bond acceptors (Lipinski definition) is 2. The molecule has 3 N–H and O–H groups in total. The van der Waals surface area contributed by atoms with Crippen molar-refractivity contribution in [1.82, 2.24) is 0 Å². The lowest BCUT2D eigenvalue weighted by Gasteiger charge is -2.28. The number of nitrogens with two attached hydrogens (primary N) is 1. The fraction of sp³-hybridized carbons (Fsp3) is 0.158. The second kappa shape index (κ2) is 6.93. The molecule has 0 heterocycles. The number of rotatable bonds is 5. The number of hydrogen-bond donors (Lipinski definition) is 2. The Hall–Kier alpha value is -1.87. The van der Waals surface area contributed by atoms with Gasteiger partial charge in [-0.25, -0.2) is 0 Å². The van der Waals surface area contributed by atoms with Crippen LogP contribution in [0.4, 0.5) is 0 Å². The Morgan fingerprint density at radius 3 is 2.05 bits per heavy atom. The van der Waals surface area contributed by atoms with Crippen LogP contribution in [0, 0.1) is 0 Å². The van der Waals surface area contributed by atoms with Crippen LogP contribution < -0.4 is 5.73 Å². The molecule has 0 aliphatic rings. The van der Waals surface area contributed by atoms with E-state index in [1.54, 1.807) is 24.3 Å². The molecule has 2 nitrogen and oxygen atoms in total. The molecule has 0 fully saturated rings. The van der Waals surface area contributed by atoms with E-state index in [0.717, 1.165) is 22.3 Å². The fourth-order valence-electron chi connectivity index (χ4n) is 2.47. The van der Waals surface area contributed by atoms with Crippen molar-refractivity contribution in [3.63, 3.8) is 0 Å². The minimum Gasteiger partial charge on any atom is -0.379 e. The maximum absolute atomic E-state index is 11.0. The highest BCUT2D eigenvalue weighted by Crippen LogP contribution is 2.30. The SMILES string of the molecule is C=C/C(=C\C)c1ccc(C(O)(CN)c2ccc(Cl)cc2)cc1. The molecular formula is C19H20ClNO. The molecule has 1 unspecified atom stereocenters. The Balaban J connectivity index is 2.43. The van der Waals surface area contributed by atoms with Crippen LogP contribution in [0.3, 0.4) is 0 Å². The Kier molecular flexibility index (Phi) is 5.19. The van der Waals surface area contributed by atoms with Gasteiger partial charge in [-0.1, -0.05) is 66.7 Å². The van der Waals surface area contributed by atoms with E-state index in [1.165, 1.54) is 0 Å². The average Bonchev–Trinajstić information content (AvgIpc) is 2.56. The molecule has 0 aromatic heterocycles. The Morgan fingerprint density at radius 1 is 1.14 bits per heavy atom. The molecular weight excluding hydrogens is 294 g/mol. The van der Waals surface area contributed by atoms with E-state index in [2.05, 4.69) is 6.58 Å². The first-order valence-corrected chi connectivity index (χ1v) is 7.51. The van der Waals surface area contributed by atoms with Crippen LogP contribution in [0.2, 0.25) is 5.02 Å². The van der Waals surface area contributed by atoms with Gasteiger partial charge in [0.2, 0.25) is 0 Å². The predicted octanol–water partition coefficient (Wildman–Crippen LogP) is 4.12. The third-order valence-corrected chi connectivity index (χ3v) is 4.10. The Bertz CT molecular complexity index is 674. The van der Waals surface area contributed by atoms with E-state index in [-0.39, 0.29) is 6.54 Å². The van der Waals surface area contributed by atoms with Crippen molar-refractivity contribution in [1.29, 1.82) is 0 Å². The van der Waals surface area contributed by atoms with Gasteiger partial charge in [-0.05, 0) is 41.3 Å². The van der Waals surface area contributed by atoms with Crippen LogP contribution in [0.25, 0.3) is 5.57 Å². The molecule has 0 bridgehead atoms. The topological polar surface area (TPSA) is 46.2 Å². The van der Waals surface area contributed by atoms with E-state index in [0.29, 0.717) is 5.02 Å². The summed E-state index contributed by atoms with van der Waals surface area (Å²) in [5, 5.41) is 11.6. The maximum atomic E-state index is 11.0. The van der Waals surface area contributed by atoms with Gasteiger partial charge in [0.25, 0.3) is 0 Å². The van der Waals surface area contributed by atoms with Gasteiger partial charge in [0.05, 0.1) is 0 Å². The van der Waals surface area contributed by atoms with E-state index in [1.807, 2.05) is 43.3 Å². The highest BCUT2D eigenvalue weighted by atomic mass is 35.5. The number of aliphatic hydroxyl groups is 1. The van der Waals surface area contributed by atoms with Crippen LogP contribution >= 0.6 is 11.6 Å². The molecule has 0 radical (unpaired) electrons. The van der Waals surface area contributed by atoms with Crippen LogP contribution in [0.5, 0.6) is 0 Å². The molecule has 3 heteroatoms. The summed E-state index contributed by atoms with van der Waals surface area (Å²) in [6, 6.07) is 14.8. The van der Waals surface area contributed by atoms with Crippen molar-refractivity contribution in [2.45, 2.75) is 12.5 Å². The molecule has 0 aliphatic carbocycles. The van der Waals surface area contributed by atoms with Gasteiger partial charge in [0.15, 0.2) is 0 Å². The Labute approximate surface area is 136 Å². The lowest BCUT2D eigenvalue weighted by molar-refractivity contribution is 0.0902. The molecule has 0 amide bonds. The standard InChI is InChI=1S/C19H20ClNO/c1-3-14(4-2)15-5-7-16(8-6-15)19(22,13-21)17-9-11-18(20)12-10-17/h3-12,22H,1,13,21H2,2H3/b14-4+. The average molecular weight is 314 g/mol. The van der Waals surface area contributed by atoms with E-state index in [9.17, 15) is 5.11 Å². The van der Waals surface area contributed by atoms with E-state index in [4.69, 9.17) is 17.3 Å². The molecule has 1 atom stereocenters. The van der Waals surface area contributed by atoms with Gasteiger partial charge in [0.1, 0.15) is 5.60 Å². The summed E-state index contributed by atoms with van der Waals surface area (Å²) >= 11 is 5.91. The first-order chi connectivity index (χ1) is 10.5. The largest absolute Gasteiger partial charge is 0.379 e. The van der Waals surface area contributed by atoms with Crippen molar-refractivity contribution in [3.8, 4) is 0 Å². The van der Waals surface area contributed by atoms with Crippen LogP contribution in [-0.4, -0.2) is 11.7 Å². The van der Waals surface area contributed by atoms with Crippen molar-refractivity contribution in [3.05, 3.63) is 89.0 Å². The van der Waals surface area contributed by atoms with Gasteiger partial charge in [-0.15, -0.1) is 0 Å². The van der Waals surface area contributed by atoms with E-state index < -0.39 is 5.60 Å². The first kappa shape index (κ1) is 16.5. The summed E-state index contributed by atoms with van der Waals surface area (Å²) in [7, 11) is 0. The zero-order chi connectivity index (χ0) is 16.2. The van der Waals surface area contributed by atoms with Gasteiger partial charge < -0.3 is 10.8 Å². The molecule has 0 aliphatic heterocycles. The van der Waals surface area contributed by atoms with Gasteiger partial charge in [-0.3, -0.25) is 0 Å². The summed E-state index contributed by atoms with van der Waals surface area (Å²) in [4.78, 5) is 0. The van der Waals surface area contributed by atoms with Gasteiger partial charge in [-0.2, -0.15) is 0 Å². The molecule has 2 rings (SSSR count). The number of halogens is 1. The first-order valence-electron chi connectivity index (χ1n) is 7.13. The van der Waals surface area contributed by atoms with Gasteiger partial charge >= 0.3 is 0 Å². The van der Waals surface area contributed by atoms with Crippen LogP contribution in [0.15, 0.2) is 67.3 Å². The minimum absolute atomic E-state index is 0.0892. The molecule has 114 valence electrons. The second-order valence-corrected chi connectivity index (χ2v) is 5.53. The van der Waals surface area contributed by atoms with Crippen molar-refractivity contribution < 1.29 is 5.11 Å². The highest BCUT2D eigenvalue weighted by molar-refractivity contribution is 6.30. The van der Waals surface area contributed by atoms with Crippen LogP contribution in [0.1, 0.15) is 23.6 Å². The van der Waals surface area contributed by atoms with E-state index >= 15 is 0 Å². The lowest BCUT2D eigenvalue weighted by atomic mass is 9.85. The molecule has 2 aromatic carbocycles. The number of allylic oxidation sites excluding steroid dienone is 3. The normalized spacial score (nSPS) is 14.5. The summed E-state index contributed by atoms with van der Waals surface area (Å²) in [5.41, 5.74) is 8.20. The molecule has 22 heavy (non-hydrogen) atoms. The minimum atomic E-state index is -1.23. The molecule has 0 saturated carbocycles. The van der Waals surface area contributed by atoms with Crippen molar-refractivity contribution >= 4 is 17.2 Å². The summed E-state index contributed by atoms with van der Waals surface area (Å²) in [5.74, 6) is 0. The second-order valence-electron chi connectivity index (χ2n) is 5.10. The Morgan fingerprint density at radius 2 is 1.64 bits per heavy atom. The predicted molar refractivity (Wildman–Crippen MR) is 93.8 cm³/mol. The summed E-state index contributed by atoms with van der Waals surface area (Å²) in [6.45, 7) is 5.86. The summed E-state index contributed by atoms with van der Waals surface area (Å²) < 4.78 is 0. The summed E-state index contributed by atoms with van der Waals surface area (Å²) in [6.07, 6.45) is 3.81. The van der Waals surface area contributed by atoms with Crippen molar-refractivity contribution in [2.24, 2.45) is 5.73 Å². The van der Waals surface area contributed by atoms with Crippen molar-refractivity contribution in [2.75, 3.05) is 6.54 Å². The molecule has 2 aromatic rings. The fourth-order valence-corrected chi connectivity index (χ4v) is 2.59.